The second kappa shape index (κ2) is 5.92. The van der Waals surface area contributed by atoms with Crippen molar-refractivity contribution in [3.63, 3.8) is 0 Å². The van der Waals surface area contributed by atoms with E-state index in [1.807, 2.05) is 13.8 Å². The highest BCUT2D eigenvalue weighted by Crippen LogP contribution is 2.43. The van der Waals surface area contributed by atoms with Crippen LogP contribution in [0.5, 0.6) is 0 Å². The van der Waals surface area contributed by atoms with E-state index in [1.54, 1.807) is 18.2 Å². The Kier molecular flexibility index (Phi) is 4.25. The fraction of sp³-hybridized carbons (Fsp3) is 0.312. The number of amides is 1. The minimum atomic E-state index is -3.43. The minimum absolute atomic E-state index is 0.0800. The lowest BCUT2D eigenvalue weighted by molar-refractivity contribution is 0.0943. The Morgan fingerprint density at radius 2 is 2.13 bits per heavy atom. The van der Waals surface area contributed by atoms with E-state index in [1.165, 1.54) is 17.4 Å². The quantitative estimate of drug-likeness (QED) is 0.892. The van der Waals surface area contributed by atoms with E-state index in [4.69, 9.17) is 11.6 Å². The number of benzene rings is 1. The lowest BCUT2D eigenvalue weighted by atomic mass is 10.1. The highest BCUT2D eigenvalue weighted by Gasteiger charge is 2.31. The van der Waals surface area contributed by atoms with E-state index in [2.05, 4.69) is 5.32 Å². The van der Waals surface area contributed by atoms with E-state index < -0.39 is 9.84 Å². The third kappa shape index (κ3) is 3.03. The van der Waals surface area contributed by atoms with Gasteiger partial charge in [0, 0.05) is 21.5 Å². The third-order valence-corrected chi connectivity index (χ3v) is 7.03. The number of thiophene rings is 1. The van der Waals surface area contributed by atoms with Crippen molar-refractivity contribution in [2.24, 2.45) is 0 Å². The molecule has 0 unspecified atom stereocenters. The van der Waals surface area contributed by atoms with E-state index in [9.17, 15) is 13.2 Å². The predicted molar refractivity (Wildman–Crippen MR) is 92.9 cm³/mol. The number of halogens is 1. The SMILES string of the molecule is CC[C@H](C)NC(=O)c1cc2c(s1)-c1ccc(Cl)cc1S(=O)(=O)C2. The van der Waals surface area contributed by atoms with Gasteiger partial charge in [-0.1, -0.05) is 24.6 Å². The maximum atomic E-state index is 12.4. The Morgan fingerprint density at radius 3 is 2.83 bits per heavy atom. The fourth-order valence-corrected chi connectivity index (χ4v) is 5.62. The van der Waals surface area contributed by atoms with Gasteiger partial charge in [-0.2, -0.15) is 0 Å². The second-order valence-electron chi connectivity index (χ2n) is 5.65. The van der Waals surface area contributed by atoms with Crippen LogP contribution < -0.4 is 5.32 Å². The molecule has 0 fully saturated rings. The molecule has 0 radical (unpaired) electrons. The molecule has 1 amide bonds. The van der Waals surface area contributed by atoms with Gasteiger partial charge in [-0.05, 0) is 37.1 Å². The second-order valence-corrected chi connectivity index (χ2v) is 9.09. The summed E-state index contributed by atoms with van der Waals surface area (Å²) in [6.07, 6.45) is 0.840. The molecule has 2 aromatic rings. The molecule has 0 bridgehead atoms. The Morgan fingerprint density at radius 1 is 1.39 bits per heavy atom. The molecule has 1 aromatic heterocycles. The van der Waals surface area contributed by atoms with Crippen LogP contribution >= 0.6 is 22.9 Å². The van der Waals surface area contributed by atoms with Gasteiger partial charge in [-0.25, -0.2) is 8.42 Å². The van der Waals surface area contributed by atoms with Gasteiger partial charge in [0.05, 0.1) is 15.5 Å². The van der Waals surface area contributed by atoms with E-state index >= 15 is 0 Å². The predicted octanol–water partition coefficient (Wildman–Crippen LogP) is 3.88. The number of carbonyl (C=O) groups is 1. The third-order valence-electron chi connectivity index (χ3n) is 3.89. The average Bonchev–Trinajstić information content (AvgIpc) is 2.90. The van der Waals surface area contributed by atoms with E-state index in [-0.39, 0.29) is 22.6 Å². The maximum Gasteiger partial charge on any atom is 0.261 e. The monoisotopic (exact) mass is 369 g/mol. The minimum Gasteiger partial charge on any atom is -0.349 e. The van der Waals surface area contributed by atoms with E-state index in [0.717, 1.165) is 11.3 Å². The summed E-state index contributed by atoms with van der Waals surface area (Å²) in [5.74, 6) is -0.255. The molecule has 23 heavy (non-hydrogen) atoms. The molecule has 1 aromatic carbocycles. The van der Waals surface area contributed by atoms with Crippen molar-refractivity contribution < 1.29 is 13.2 Å². The standard InChI is InChI=1S/C16H16ClNO3S2/c1-3-9(2)18-16(19)13-6-10-8-23(20,21)14-7-11(17)4-5-12(14)15(10)22-13/h4-7,9H,3,8H2,1-2H3,(H,18,19)/t9-/m0/s1. The van der Waals surface area contributed by atoms with Crippen LogP contribution in [0.4, 0.5) is 0 Å². The van der Waals surface area contributed by atoms with Crippen LogP contribution in [0.15, 0.2) is 29.2 Å². The van der Waals surface area contributed by atoms with Crippen LogP contribution in [0.1, 0.15) is 35.5 Å². The average molecular weight is 370 g/mol. The van der Waals surface area contributed by atoms with Crippen LogP contribution in [-0.4, -0.2) is 20.4 Å². The largest absolute Gasteiger partial charge is 0.349 e. The Bertz CT molecular complexity index is 887. The molecule has 122 valence electrons. The van der Waals surface area contributed by atoms with Crippen LogP contribution in [0.3, 0.4) is 0 Å². The van der Waals surface area contributed by atoms with Crippen LogP contribution in [0.2, 0.25) is 5.02 Å². The first-order valence-electron chi connectivity index (χ1n) is 7.28. The molecule has 0 saturated heterocycles. The summed E-state index contributed by atoms with van der Waals surface area (Å²) in [6.45, 7) is 3.93. The summed E-state index contributed by atoms with van der Waals surface area (Å²) in [7, 11) is -3.43. The first-order valence-corrected chi connectivity index (χ1v) is 10.1. The zero-order valence-corrected chi connectivity index (χ0v) is 15.1. The molecule has 7 heteroatoms. The van der Waals surface area contributed by atoms with Crippen LogP contribution in [0.25, 0.3) is 10.4 Å². The van der Waals surface area contributed by atoms with Gasteiger partial charge >= 0.3 is 0 Å². The summed E-state index contributed by atoms with van der Waals surface area (Å²) < 4.78 is 24.9. The zero-order chi connectivity index (χ0) is 16.8. The molecule has 3 rings (SSSR count). The number of hydrogen-bond donors (Lipinski definition) is 1. The summed E-state index contributed by atoms with van der Waals surface area (Å²) in [4.78, 5) is 13.9. The summed E-state index contributed by atoms with van der Waals surface area (Å²) in [6, 6.07) is 6.63. The topological polar surface area (TPSA) is 63.2 Å². The first kappa shape index (κ1) is 16.5. The Labute approximate surface area is 144 Å². The highest BCUT2D eigenvalue weighted by molar-refractivity contribution is 7.91. The molecule has 1 N–H and O–H groups in total. The molecule has 4 nitrogen and oxygen atoms in total. The van der Waals surface area contributed by atoms with Crippen LogP contribution in [-0.2, 0) is 15.6 Å². The number of rotatable bonds is 3. The molecule has 0 spiro atoms. The summed E-state index contributed by atoms with van der Waals surface area (Å²) in [5.41, 5.74) is 1.31. The molecule has 2 heterocycles. The summed E-state index contributed by atoms with van der Waals surface area (Å²) >= 11 is 7.26. The molecule has 0 aliphatic carbocycles. The number of carbonyl (C=O) groups excluding carboxylic acids is 1. The van der Waals surface area contributed by atoms with Crippen molar-refractivity contribution in [3.05, 3.63) is 39.7 Å². The molecule has 1 atom stereocenters. The van der Waals surface area contributed by atoms with Crippen molar-refractivity contribution >= 4 is 38.7 Å². The van der Waals surface area contributed by atoms with Gasteiger partial charge in [0.2, 0.25) is 0 Å². The number of hydrogen-bond acceptors (Lipinski definition) is 4. The van der Waals surface area contributed by atoms with Gasteiger partial charge in [-0.3, -0.25) is 4.79 Å². The molecular weight excluding hydrogens is 354 g/mol. The maximum absolute atomic E-state index is 12.4. The van der Waals surface area contributed by atoms with Gasteiger partial charge in [0.1, 0.15) is 0 Å². The van der Waals surface area contributed by atoms with Gasteiger partial charge in [0.25, 0.3) is 5.91 Å². The normalized spacial score (nSPS) is 16.3. The zero-order valence-electron chi connectivity index (χ0n) is 12.7. The lowest BCUT2D eigenvalue weighted by Gasteiger charge is -2.16. The van der Waals surface area contributed by atoms with Gasteiger partial charge in [0.15, 0.2) is 9.84 Å². The fourth-order valence-electron chi connectivity index (χ4n) is 2.50. The number of nitrogens with one attached hydrogen (secondary N) is 1. The summed E-state index contributed by atoms with van der Waals surface area (Å²) in [5, 5.41) is 3.30. The molecule has 1 aliphatic heterocycles. The Hall–Kier alpha value is -1.37. The smallest absolute Gasteiger partial charge is 0.261 e. The number of sulfone groups is 1. The highest BCUT2D eigenvalue weighted by atomic mass is 35.5. The Balaban J connectivity index is 2.07. The van der Waals surface area contributed by atoms with Crippen molar-refractivity contribution in [1.82, 2.24) is 5.32 Å². The van der Waals surface area contributed by atoms with Crippen molar-refractivity contribution in [2.45, 2.75) is 37.0 Å². The molecule has 0 saturated carbocycles. The van der Waals surface area contributed by atoms with Crippen molar-refractivity contribution in [3.8, 4) is 10.4 Å². The van der Waals surface area contributed by atoms with Gasteiger partial charge < -0.3 is 5.32 Å². The number of fused-ring (bicyclic) bond motifs is 3. The molecule has 1 aliphatic rings. The first-order chi connectivity index (χ1) is 10.8. The van der Waals surface area contributed by atoms with E-state index in [0.29, 0.717) is 21.0 Å². The van der Waals surface area contributed by atoms with Gasteiger partial charge in [-0.15, -0.1) is 11.3 Å². The molecular formula is C16H16ClNO3S2. The van der Waals surface area contributed by atoms with Crippen LogP contribution in [0, 0.1) is 0 Å². The van der Waals surface area contributed by atoms with Crippen molar-refractivity contribution in [2.75, 3.05) is 0 Å². The lowest BCUT2D eigenvalue weighted by Crippen LogP contribution is -2.31. The van der Waals surface area contributed by atoms with Crippen molar-refractivity contribution in [1.29, 1.82) is 0 Å².